The number of methoxy groups -OCH3 is 2. The van der Waals surface area contributed by atoms with Crippen LogP contribution in [0.2, 0.25) is 0 Å². The van der Waals surface area contributed by atoms with Crippen molar-refractivity contribution < 1.29 is 9.47 Å². The van der Waals surface area contributed by atoms with Crippen molar-refractivity contribution in [1.29, 1.82) is 0 Å². The van der Waals surface area contributed by atoms with Gasteiger partial charge in [-0.2, -0.15) is 15.1 Å². The molecule has 2 aromatic heterocycles. The van der Waals surface area contributed by atoms with E-state index in [4.69, 9.17) is 24.5 Å². The van der Waals surface area contributed by atoms with Crippen LogP contribution in [0.4, 0.5) is 11.8 Å². The lowest BCUT2D eigenvalue weighted by atomic mass is 10.1. The van der Waals surface area contributed by atoms with Crippen LogP contribution >= 0.6 is 0 Å². The number of nitrogens with zero attached hydrogens (tertiary/aromatic N) is 7. The third-order valence-corrected chi connectivity index (χ3v) is 8.01. The molecule has 2 aliphatic rings. The van der Waals surface area contributed by atoms with Gasteiger partial charge >= 0.3 is 0 Å². The highest BCUT2D eigenvalue weighted by molar-refractivity contribution is 5.92. The summed E-state index contributed by atoms with van der Waals surface area (Å²) in [5, 5.41) is 6.11. The van der Waals surface area contributed by atoms with Gasteiger partial charge in [0.2, 0.25) is 5.95 Å². The summed E-state index contributed by atoms with van der Waals surface area (Å²) in [7, 11) is 3.35. The Hall–Kier alpha value is -4.79. The van der Waals surface area contributed by atoms with Gasteiger partial charge < -0.3 is 24.2 Å². The predicted molar refractivity (Wildman–Crippen MR) is 167 cm³/mol. The van der Waals surface area contributed by atoms with Crippen LogP contribution in [0.5, 0.6) is 5.75 Å². The van der Waals surface area contributed by atoms with Gasteiger partial charge in [0.1, 0.15) is 17.3 Å². The quantitative estimate of drug-likeness (QED) is 0.201. The third-order valence-electron chi connectivity index (χ3n) is 8.01. The van der Waals surface area contributed by atoms with Gasteiger partial charge in [0, 0.05) is 45.7 Å². The maximum Gasteiger partial charge on any atom is 0.229 e. The maximum atomic E-state index is 5.53. The number of benzene rings is 2. The number of hydrogen-bond acceptors (Lipinski definition) is 8. The average molecular weight is 564 g/mol. The molecule has 4 heterocycles. The van der Waals surface area contributed by atoms with Crippen molar-refractivity contribution in [3.63, 3.8) is 0 Å². The molecule has 0 bridgehead atoms. The summed E-state index contributed by atoms with van der Waals surface area (Å²) >= 11 is 0. The van der Waals surface area contributed by atoms with Gasteiger partial charge in [-0.3, -0.25) is 0 Å². The summed E-state index contributed by atoms with van der Waals surface area (Å²) in [6.45, 7) is 13.3. The monoisotopic (exact) mass is 563 g/mol. The second kappa shape index (κ2) is 12.0. The predicted octanol–water partition coefficient (Wildman–Crippen LogP) is 4.80. The summed E-state index contributed by atoms with van der Waals surface area (Å²) in [5.41, 5.74) is 5.30. The van der Waals surface area contributed by atoms with Crippen molar-refractivity contribution in [2.45, 2.75) is 19.5 Å². The van der Waals surface area contributed by atoms with Gasteiger partial charge in [0.05, 0.1) is 37.5 Å². The van der Waals surface area contributed by atoms with Crippen LogP contribution in [0.1, 0.15) is 16.8 Å². The summed E-state index contributed by atoms with van der Waals surface area (Å²) < 4.78 is 12.9. The molecular formula is C33H37N7O2. The Labute approximate surface area is 247 Å². The normalized spacial score (nSPS) is 15.4. The molecule has 0 radical (unpaired) electrons. The Morgan fingerprint density at radius 3 is 2.26 bits per heavy atom. The van der Waals surface area contributed by atoms with Crippen molar-refractivity contribution in [2.24, 2.45) is 0 Å². The van der Waals surface area contributed by atoms with Crippen LogP contribution in [0.3, 0.4) is 0 Å². The molecule has 1 saturated heterocycles. The molecule has 0 spiro atoms. The molecule has 2 aromatic carbocycles. The Bertz CT molecular complexity index is 1600. The number of piperazine rings is 1. The molecular weight excluding hydrogens is 526 g/mol. The van der Waals surface area contributed by atoms with E-state index in [0.717, 1.165) is 91.4 Å². The summed E-state index contributed by atoms with van der Waals surface area (Å²) in [4.78, 5) is 17.3. The first-order valence-electron chi connectivity index (χ1n) is 14.3. The van der Waals surface area contributed by atoms with E-state index in [2.05, 4.69) is 68.9 Å². The van der Waals surface area contributed by atoms with Gasteiger partial charge in [-0.05, 0) is 35.4 Å². The Morgan fingerprint density at radius 2 is 1.60 bits per heavy atom. The lowest BCUT2D eigenvalue weighted by Gasteiger charge is -2.37. The zero-order valence-corrected chi connectivity index (χ0v) is 24.4. The van der Waals surface area contributed by atoms with E-state index in [-0.39, 0.29) is 0 Å². The van der Waals surface area contributed by atoms with Gasteiger partial charge in [-0.1, -0.05) is 55.6 Å². The molecule has 42 heavy (non-hydrogen) atoms. The number of allylic oxidation sites excluding steroid dienone is 2. The minimum atomic E-state index is 0.661. The minimum absolute atomic E-state index is 0.661. The standard InChI is InChI=1S/C33H37N7O2/c1-5-28(29(6-2)42-4)37-18-20-38(21-19-37)33-34-31-30-27(16-17-39(31)22-25-12-14-26(41-3)15-13-25)36-40(32(30)35-33)23-24-10-8-7-9-11-24/h5-15H,1-2,16-23H2,3-4H3/b29-28-. The van der Waals surface area contributed by atoms with Crippen LogP contribution in [0.15, 0.2) is 91.4 Å². The molecule has 0 unspecified atom stereocenters. The topological polar surface area (TPSA) is 71.8 Å². The second-order valence-electron chi connectivity index (χ2n) is 10.5. The van der Waals surface area contributed by atoms with E-state index >= 15 is 0 Å². The van der Waals surface area contributed by atoms with Crippen molar-refractivity contribution in [3.05, 3.63) is 108 Å². The maximum absolute atomic E-state index is 5.53. The molecule has 0 aliphatic carbocycles. The SMILES string of the molecule is C=C/C(OC)=C(\C=C)N1CCN(c2nc3c4c(nn(Cc5ccccc5)c4n2)CCN3Cc2ccc(OC)cc2)CC1. The zero-order chi connectivity index (χ0) is 29.1. The number of rotatable bonds is 10. The van der Waals surface area contributed by atoms with Crippen molar-refractivity contribution in [2.75, 3.05) is 56.7 Å². The summed E-state index contributed by atoms with van der Waals surface area (Å²) in [5.74, 6) is 3.27. The first-order valence-corrected chi connectivity index (χ1v) is 14.3. The molecule has 2 aliphatic heterocycles. The fourth-order valence-corrected chi connectivity index (χ4v) is 5.80. The first-order chi connectivity index (χ1) is 20.6. The number of ether oxygens (including phenoxy) is 2. The van der Waals surface area contributed by atoms with Crippen molar-refractivity contribution in [3.8, 4) is 5.75 Å². The van der Waals surface area contributed by atoms with E-state index < -0.39 is 0 Å². The lowest BCUT2D eigenvalue weighted by Crippen LogP contribution is -2.46. The summed E-state index contributed by atoms with van der Waals surface area (Å²) in [6.07, 6.45) is 4.42. The third kappa shape index (κ3) is 5.30. The highest BCUT2D eigenvalue weighted by atomic mass is 16.5. The number of anilines is 2. The van der Waals surface area contributed by atoms with E-state index in [1.807, 2.05) is 24.3 Å². The highest BCUT2D eigenvalue weighted by Crippen LogP contribution is 2.35. The lowest BCUT2D eigenvalue weighted by molar-refractivity contribution is 0.265. The molecule has 0 atom stereocenters. The molecule has 1 fully saturated rings. The van der Waals surface area contributed by atoms with Crippen LogP contribution in [-0.2, 0) is 24.2 Å². The number of hydrogen-bond donors (Lipinski definition) is 0. The van der Waals surface area contributed by atoms with Crippen LogP contribution < -0.4 is 14.5 Å². The van der Waals surface area contributed by atoms with Gasteiger partial charge in [-0.15, -0.1) is 0 Å². The molecule has 6 rings (SSSR count). The Morgan fingerprint density at radius 1 is 0.857 bits per heavy atom. The second-order valence-corrected chi connectivity index (χ2v) is 10.5. The Kier molecular flexibility index (Phi) is 7.81. The van der Waals surface area contributed by atoms with Crippen molar-refractivity contribution >= 4 is 22.8 Å². The smallest absolute Gasteiger partial charge is 0.229 e. The van der Waals surface area contributed by atoms with Crippen LogP contribution in [0, 0.1) is 0 Å². The molecule has 4 aromatic rings. The molecule has 216 valence electrons. The highest BCUT2D eigenvalue weighted by Gasteiger charge is 2.29. The zero-order valence-electron chi connectivity index (χ0n) is 24.4. The molecule has 0 N–H and O–H groups in total. The molecule has 9 nitrogen and oxygen atoms in total. The van der Waals surface area contributed by atoms with Crippen molar-refractivity contribution in [1.82, 2.24) is 24.6 Å². The average Bonchev–Trinajstić information content (AvgIpc) is 3.39. The van der Waals surface area contributed by atoms with E-state index in [0.29, 0.717) is 6.54 Å². The fraction of sp³-hybridized carbons (Fsp3) is 0.303. The molecule has 9 heteroatoms. The van der Waals surface area contributed by atoms with Gasteiger partial charge in [0.25, 0.3) is 0 Å². The number of aromatic nitrogens is 4. The Balaban J connectivity index is 1.35. The van der Waals surface area contributed by atoms with Crippen LogP contribution in [0.25, 0.3) is 11.0 Å². The van der Waals surface area contributed by atoms with E-state index in [1.54, 1.807) is 20.3 Å². The largest absolute Gasteiger partial charge is 0.497 e. The molecule has 0 saturated carbocycles. The minimum Gasteiger partial charge on any atom is -0.497 e. The van der Waals surface area contributed by atoms with E-state index in [9.17, 15) is 0 Å². The van der Waals surface area contributed by atoms with E-state index in [1.165, 1.54) is 11.1 Å². The van der Waals surface area contributed by atoms with Gasteiger partial charge in [0.15, 0.2) is 5.65 Å². The first kappa shape index (κ1) is 27.4. The van der Waals surface area contributed by atoms with Crippen LogP contribution in [-0.4, -0.2) is 71.6 Å². The van der Waals surface area contributed by atoms with Gasteiger partial charge in [-0.25, -0.2) is 4.68 Å². The fourth-order valence-electron chi connectivity index (χ4n) is 5.80. The molecule has 0 amide bonds. The summed E-state index contributed by atoms with van der Waals surface area (Å²) in [6, 6.07) is 18.7.